The molecule has 1 aliphatic rings. The van der Waals surface area contributed by atoms with Crippen LogP contribution in [-0.4, -0.2) is 35.4 Å². The number of hydrogen-bond donors (Lipinski definition) is 0. The number of rotatable bonds is 6. The number of nitrogens with zero attached hydrogens (tertiary/aromatic N) is 3. The highest BCUT2D eigenvalue weighted by Gasteiger charge is 2.25. The fourth-order valence-corrected chi connectivity index (χ4v) is 4.20. The predicted octanol–water partition coefficient (Wildman–Crippen LogP) is 4.39. The molecule has 0 unspecified atom stereocenters. The number of hydrogen-bond acceptors (Lipinski definition) is 4. The van der Waals surface area contributed by atoms with Crippen molar-refractivity contribution in [1.82, 2.24) is 9.47 Å². The van der Waals surface area contributed by atoms with Gasteiger partial charge in [-0.15, -0.1) is 0 Å². The largest absolute Gasteiger partial charge is 0.397 e. The van der Waals surface area contributed by atoms with Gasteiger partial charge in [-0.3, -0.25) is 14.5 Å². The topological polar surface area (TPSA) is 63.9 Å². The van der Waals surface area contributed by atoms with Crippen LogP contribution in [0, 0.1) is 0 Å². The zero-order valence-corrected chi connectivity index (χ0v) is 18.9. The third-order valence-corrected chi connectivity index (χ3v) is 5.90. The SMILES string of the molecule is CCCCn1c2c(cc(C(=O)N(C)C(=NOC)c3ccccc3)c1=O)CCCCCC2. The Morgan fingerprint density at radius 1 is 1.13 bits per heavy atom. The fraction of sp³-hybridized carbons (Fsp3) is 0.480. The standard InChI is InChI=1S/C25H33N3O3/c1-4-5-17-28-22-16-12-7-6-9-15-20(22)18-21(25(28)30)24(29)27(2)23(26-31-3)19-13-10-8-11-14-19/h8,10-11,13-14,18H,4-7,9,12,15-17H2,1-3H3. The second kappa shape index (κ2) is 10.9. The van der Waals surface area contributed by atoms with Gasteiger partial charge in [0.25, 0.3) is 11.5 Å². The average molecular weight is 424 g/mol. The van der Waals surface area contributed by atoms with Gasteiger partial charge in [-0.05, 0) is 43.7 Å². The van der Waals surface area contributed by atoms with E-state index in [1.807, 2.05) is 41.0 Å². The normalized spacial score (nSPS) is 14.4. The van der Waals surface area contributed by atoms with E-state index in [9.17, 15) is 9.59 Å². The van der Waals surface area contributed by atoms with E-state index in [0.717, 1.165) is 55.3 Å². The Morgan fingerprint density at radius 2 is 1.84 bits per heavy atom. The van der Waals surface area contributed by atoms with Crippen molar-refractivity contribution in [2.45, 2.75) is 64.8 Å². The van der Waals surface area contributed by atoms with Crippen LogP contribution in [0.1, 0.15) is 72.6 Å². The van der Waals surface area contributed by atoms with Gasteiger partial charge in [0.15, 0.2) is 5.84 Å². The predicted molar refractivity (Wildman–Crippen MR) is 124 cm³/mol. The van der Waals surface area contributed by atoms with Crippen LogP contribution in [0.25, 0.3) is 0 Å². The van der Waals surface area contributed by atoms with Gasteiger partial charge in [0.1, 0.15) is 12.7 Å². The third kappa shape index (κ3) is 5.24. The highest BCUT2D eigenvalue weighted by molar-refractivity contribution is 6.12. The molecule has 0 spiro atoms. The van der Waals surface area contributed by atoms with E-state index in [0.29, 0.717) is 12.4 Å². The first-order valence-corrected chi connectivity index (χ1v) is 11.3. The zero-order valence-electron chi connectivity index (χ0n) is 18.9. The van der Waals surface area contributed by atoms with E-state index < -0.39 is 0 Å². The number of fused-ring (bicyclic) bond motifs is 1. The lowest BCUT2D eigenvalue weighted by Gasteiger charge is -2.23. The number of carbonyl (C=O) groups excluding carboxylic acids is 1. The molecule has 2 aromatic rings. The van der Waals surface area contributed by atoms with Crippen molar-refractivity contribution in [2.24, 2.45) is 5.16 Å². The van der Waals surface area contributed by atoms with Gasteiger partial charge >= 0.3 is 0 Å². The number of benzene rings is 1. The molecule has 0 radical (unpaired) electrons. The highest BCUT2D eigenvalue weighted by Crippen LogP contribution is 2.21. The first kappa shape index (κ1) is 22.8. The average Bonchev–Trinajstić information content (AvgIpc) is 2.77. The molecule has 3 rings (SSSR count). The summed E-state index contributed by atoms with van der Waals surface area (Å²) in [6.45, 7) is 2.77. The molecule has 0 saturated heterocycles. The van der Waals surface area contributed by atoms with Gasteiger partial charge in [0, 0.05) is 24.8 Å². The molecular weight excluding hydrogens is 390 g/mol. The molecule has 0 atom stereocenters. The lowest BCUT2D eigenvalue weighted by molar-refractivity contribution is 0.0862. The van der Waals surface area contributed by atoms with Gasteiger partial charge in [0.05, 0.1) is 0 Å². The summed E-state index contributed by atoms with van der Waals surface area (Å²) in [7, 11) is 3.09. The van der Waals surface area contributed by atoms with Crippen molar-refractivity contribution in [2.75, 3.05) is 14.2 Å². The summed E-state index contributed by atoms with van der Waals surface area (Å²) in [5, 5.41) is 4.07. The smallest absolute Gasteiger partial charge is 0.264 e. The van der Waals surface area contributed by atoms with Crippen LogP contribution in [-0.2, 0) is 24.2 Å². The van der Waals surface area contributed by atoms with Crippen molar-refractivity contribution in [1.29, 1.82) is 0 Å². The summed E-state index contributed by atoms with van der Waals surface area (Å²) in [5.74, 6) is 0.0131. The molecule has 1 aromatic heterocycles. The molecule has 1 heterocycles. The van der Waals surface area contributed by atoms with Gasteiger partial charge < -0.3 is 9.40 Å². The number of carbonyl (C=O) groups is 1. The van der Waals surface area contributed by atoms with E-state index in [1.165, 1.54) is 24.9 Å². The lowest BCUT2D eigenvalue weighted by Crippen LogP contribution is -2.39. The summed E-state index contributed by atoms with van der Waals surface area (Å²) in [5.41, 5.74) is 3.01. The summed E-state index contributed by atoms with van der Waals surface area (Å²) in [4.78, 5) is 33.4. The lowest BCUT2D eigenvalue weighted by atomic mass is 9.95. The summed E-state index contributed by atoms with van der Waals surface area (Å²) in [6, 6.07) is 11.2. The Bertz CT molecular complexity index is 979. The van der Waals surface area contributed by atoms with Crippen molar-refractivity contribution in [3.05, 3.63) is 69.1 Å². The molecule has 0 aliphatic heterocycles. The van der Waals surface area contributed by atoms with Crippen molar-refractivity contribution >= 4 is 11.7 Å². The van der Waals surface area contributed by atoms with E-state index >= 15 is 0 Å². The molecule has 0 fully saturated rings. The van der Waals surface area contributed by atoms with Crippen molar-refractivity contribution in [3.63, 3.8) is 0 Å². The molecule has 0 bridgehead atoms. The first-order valence-electron chi connectivity index (χ1n) is 11.3. The molecule has 1 amide bonds. The van der Waals surface area contributed by atoms with E-state index in [-0.39, 0.29) is 17.0 Å². The number of pyridine rings is 1. The second-order valence-corrected chi connectivity index (χ2v) is 8.08. The van der Waals surface area contributed by atoms with Crippen LogP contribution in [0.4, 0.5) is 0 Å². The maximum atomic E-state index is 13.5. The minimum absolute atomic E-state index is 0.200. The summed E-state index contributed by atoms with van der Waals surface area (Å²) < 4.78 is 1.86. The Kier molecular flexibility index (Phi) is 8.04. The van der Waals surface area contributed by atoms with Crippen LogP contribution in [0.5, 0.6) is 0 Å². The fourth-order valence-electron chi connectivity index (χ4n) is 4.20. The van der Waals surface area contributed by atoms with Crippen LogP contribution in [0.2, 0.25) is 0 Å². The van der Waals surface area contributed by atoms with Crippen LogP contribution in [0.15, 0.2) is 46.3 Å². The molecule has 1 aliphatic carbocycles. The molecule has 1 aromatic carbocycles. The zero-order chi connectivity index (χ0) is 22.2. The quantitative estimate of drug-likeness (QED) is 0.393. The van der Waals surface area contributed by atoms with Gasteiger partial charge in [-0.1, -0.05) is 61.7 Å². The molecule has 166 valence electrons. The molecule has 31 heavy (non-hydrogen) atoms. The van der Waals surface area contributed by atoms with Crippen LogP contribution >= 0.6 is 0 Å². The van der Waals surface area contributed by atoms with E-state index in [1.54, 1.807) is 7.05 Å². The Hall–Kier alpha value is -2.89. The number of aryl methyl sites for hydroxylation is 1. The number of amidine groups is 1. The van der Waals surface area contributed by atoms with E-state index in [2.05, 4.69) is 12.1 Å². The Labute approximate surface area is 184 Å². The number of unbranched alkanes of at least 4 members (excludes halogenated alkanes) is 1. The van der Waals surface area contributed by atoms with Gasteiger partial charge in [-0.2, -0.15) is 0 Å². The monoisotopic (exact) mass is 423 g/mol. The minimum atomic E-state index is -0.361. The maximum absolute atomic E-state index is 13.5. The Balaban J connectivity index is 2.06. The number of amides is 1. The molecule has 6 nitrogen and oxygen atoms in total. The van der Waals surface area contributed by atoms with Gasteiger partial charge in [0.2, 0.25) is 0 Å². The molecule has 0 N–H and O–H groups in total. The van der Waals surface area contributed by atoms with E-state index in [4.69, 9.17) is 4.84 Å². The summed E-state index contributed by atoms with van der Waals surface area (Å²) >= 11 is 0. The summed E-state index contributed by atoms with van der Waals surface area (Å²) in [6.07, 6.45) is 8.28. The maximum Gasteiger partial charge on any atom is 0.264 e. The third-order valence-electron chi connectivity index (χ3n) is 5.90. The van der Waals surface area contributed by atoms with Gasteiger partial charge in [-0.25, -0.2) is 0 Å². The number of aromatic nitrogens is 1. The van der Waals surface area contributed by atoms with Crippen molar-refractivity contribution in [3.8, 4) is 0 Å². The molecule has 6 heteroatoms. The molecular formula is C25H33N3O3. The highest BCUT2D eigenvalue weighted by atomic mass is 16.6. The van der Waals surface area contributed by atoms with Crippen LogP contribution in [0.3, 0.4) is 0 Å². The number of oxime groups is 1. The second-order valence-electron chi connectivity index (χ2n) is 8.08. The van der Waals surface area contributed by atoms with Crippen LogP contribution < -0.4 is 5.56 Å². The Morgan fingerprint density at radius 3 is 2.52 bits per heavy atom. The molecule has 0 saturated carbocycles. The first-order chi connectivity index (χ1) is 15.1. The minimum Gasteiger partial charge on any atom is -0.397 e. The van der Waals surface area contributed by atoms with Crippen molar-refractivity contribution < 1.29 is 9.63 Å².